The molecule has 17 heavy (non-hydrogen) atoms. The Hall–Kier alpha value is -1.75. The van der Waals surface area contributed by atoms with Gasteiger partial charge in [-0.1, -0.05) is 6.92 Å². The third kappa shape index (κ3) is 1.82. The molecule has 0 spiro atoms. The summed E-state index contributed by atoms with van der Waals surface area (Å²) in [5.74, 6) is -1.19. The predicted molar refractivity (Wildman–Crippen MR) is 58.9 cm³/mol. The van der Waals surface area contributed by atoms with E-state index in [-0.39, 0.29) is 28.7 Å². The number of cyclic esters (lactones) is 1. The van der Waals surface area contributed by atoms with E-state index >= 15 is 0 Å². The van der Waals surface area contributed by atoms with Gasteiger partial charge in [0.1, 0.15) is 23.2 Å². The Kier molecular flexibility index (Phi) is 2.93. The summed E-state index contributed by atoms with van der Waals surface area (Å²) in [7, 11) is 0. The number of hydrogen-bond donors (Lipinski definition) is 3. The molecule has 3 N–H and O–H groups in total. The maximum absolute atomic E-state index is 11.7. The van der Waals surface area contributed by atoms with E-state index < -0.39 is 12.6 Å². The van der Waals surface area contributed by atoms with Gasteiger partial charge in [-0.15, -0.1) is 0 Å². The summed E-state index contributed by atoms with van der Waals surface area (Å²) in [4.78, 5) is 11.7. The molecule has 1 heterocycles. The molecule has 1 aromatic rings. The van der Waals surface area contributed by atoms with Crippen LogP contribution >= 0.6 is 0 Å². The topological polar surface area (TPSA) is 87.0 Å². The Morgan fingerprint density at radius 2 is 2.18 bits per heavy atom. The number of rotatable bonds is 2. The van der Waals surface area contributed by atoms with Crippen LogP contribution in [-0.4, -0.2) is 27.4 Å². The number of benzene rings is 1. The van der Waals surface area contributed by atoms with Crippen molar-refractivity contribution in [2.75, 3.05) is 0 Å². The fraction of sp³-hybridized carbons (Fsp3) is 0.417. The van der Waals surface area contributed by atoms with Crippen LogP contribution in [0.3, 0.4) is 0 Å². The number of aliphatic hydroxyl groups excluding tert-OH is 1. The van der Waals surface area contributed by atoms with E-state index in [2.05, 4.69) is 0 Å². The Labute approximate surface area is 98.3 Å². The highest BCUT2D eigenvalue weighted by Gasteiger charge is 2.30. The lowest BCUT2D eigenvalue weighted by atomic mass is 9.94. The minimum Gasteiger partial charge on any atom is -0.507 e. The van der Waals surface area contributed by atoms with Crippen LogP contribution in [0.25, 0.3) is 0 Å². The van der Waals surface area contributed by atoms with Crippen molar-refractivity contribution in [1.82, 2.24) is 0 Å². The lowest BCUT2D eigenvalue weighted by Crippen LogP contribution is -2.27. The van der Waals surface area contributed by atoms with Gasteiger partial charge in [0.25, 0.3) is 0 Å². The number of aromatic hydroxyl groups is 2. The quantitative estimate of drug-likeness (QED) is 0.671. The van der Waals surface area contributed by atoms with E-state index in [9.17, 15) is 15.0 Å². The van der Waals surface area contributed by atoms with E-state index in [1.165, 1.54) is 6.07 Å². The SMILES string of the molecule is CC[C@@H]1Cc2cc(O)c(CO)c(O)c2C(=O)O1. The van der Waals surface area contributed by atoms with Crippen molar-refractivity contribution in [1.29, 1.82) is 0 Å². The zero-order chi connectivity index (χ0) is 12.6. The molecule has 92 valence electrons. The van der Waals surface area contributed by atoms with Crippen molar-refractivity contribution in [2.45, 2.75) is 32.5 Å². The van der Waals surface area contributed by atoms with Crippen LogP contribution in [0, 0.1) is 0 Å². The van der Waals surface area contributed by atoms with Crippen LogP contribution < -0.4 is 0 Å². The van der Waals surface area contributed by atoms with Crippen molar-refractivity contribution in [3.63, 3.8) is 0 Å². The van der Waals surface area contributed by atoms with Gasteiger partial charge in [0.2, 0.25) is 0 Å². The Balaban J connectivity index is 2.56. The van der Waals surface area contributed by atoms with E-state index in [1.54, 1.807) is 0 Å². The normalized spacial score (nSPS) is 18.7. The molecule has 5 nitrogen and oxygen atoms in total. The third-order valence-corrected chi connectivity index (χ3v) is 3.00. The van der Waals surface area contributed by atoms with Crippen molar-refractivity contribution in [3.8, 4) is 11.5 Å². The Morgan fingerprint density at radius 1 is 1.47 bits per heavy atom. The molecule has 0 saturated heterocycles. The second-order valence-electron chi connectivity index (χ2n) is 4.05. The van der Waals surface area contributed by atoms with Gasteiger partial charge in [-0.25, -0.2) is 4.79 Å². The van der Waals surface area contributed by atoms with Crippen molar-refractivity contribution in [3.05, 3.63) is 22.8 Å². The van der Waals surface area contributed by atoms with Crippen LogP contribution in [0.2, 0.25) is 0 Å². The van der Waals surface area contributed by atoms with Crippen LogP contribution in [-0.2, 0) is 17.8 Å². The first-order chi connectivity index (χ1) is 8.08. The second-order valence-corrected chi connectivity index (χ2v) is 4.05. The molecule has 0 fully saturated rings. The second kappa shape index (κ2) is 4.25. The lowest BCUT2D eigenvalue weighted by molar-refractivity contribution is 0.0244. The molecule has 5 heteroatoms. The molecule has 0 radical (unpaired) electrons. The summed E-state index contributed by atoms with van der Waals surface area (Å²) in [6.07, 6.45) is 0.910. The standard InChI is InChI=1S/C12H14O5/c1-2-7-3-6-4-9(14)8(5-13)11(15)10(6)12(16)17-7/h4,7,13-15H,2-3,5H2,1H3/t7-/m1/s1. The highest BCUT2D eigenvalue weighted by molar-refractivity contribution is 5.96. The minimum atomic E-state index is -0.606. The molecular weight excluding hydrogens is 224 g/mol. The van der Waals surface area contributed by atoms with Crippen molar-refractivity contribution >= 4 is 5.97 Å². The number of esters is 1. The summed E-state index contributed by atoms with van der Waals surface area (Å²) < 4.78 is 5.12. The summed E-state index contributed by atoms with van der Waals surface area (Å²) in [6, 6.07) is 1.41. The van der Waals surface area contributed by atoms with E-state index in [0.29, 0.717) is 18.4 Å². The fourth-order valence-electron chi connectivity index (χ4n) is 2.02. The largest absolute Gasteiger partial charge is 0.507 e. The average molecular weight is 238 g/mol. The number of phenols is 2. The first kappa shape index (κ1) is 11.7. The number of carbonyl (C=O) groups excluding carboxylic acids is 1. The van der Waals surface area contributed by atoms with Gasteiger partial charge in [0, 0.05) is 6.42 Å². The molecule has 1 aliphatic heterocycles. The van der Waals surface area contributed by atoms with Crippen molar-refractivity contribution in [2.24, 2.45) is 0 Å². The highest BCUT2D eigenvalue weighted by Crippen LogP contribution is 2.37. The molecule has 1 aromatic carbocycles. The zero-order valence-corrected chi connectivity index (χ0v) is 9.43. The van der Waals surface area contributed by atoms with Gasteiger partial charge in [-0.05, 0) is 18.1 Å². The summed E-state index contributed by atoms with van der Waals surface area (Å²) >= 11 is 0. The Bertz CT molecular complexity index is 466. The number of hydrogen-bond acceptors (Lipinski definition) is 5. The lowest BCUT2D eigenvalue weighted by Gasteiger charge is -2.25. The summed E-state index contributed by atoms with van der Waals surface area (Å²) in [5.41, 5.74) is 0.562. The first-order valence-corrected chi connectivity index (χ1v) is 5.47. The van der Waals surface area contributed by atoms with Crippen LogP contribution in [0.4, 0.5) is 0 Å². The van der Waals surface area contributed by atoms with Crippen LogP contribution in [0.5, 0.6) is 11.5 Å². The van der Waals surface area contributed by atoms with E-state index in [1.807, 2.05) is 6.92 Å². The van der Waals surface area contributed by atoms with E-state index in [0.717, 1.165) is 0 Å². The summed E-state index contributed by atoms with van der Waals surface area (Å²) in [6.45, 7) is 1.36. The molecule has 1 aliphatic rings. The number of fused-ring (bicyclic) bond motifs is 1. The minimum absolute atomic E-state index is 0.0457. The molecular formula is C12H14O5. The van der Waals surface area contributed by atoms with Gasteiger partial charge in [-0.3, -0.25) is 0 Å². The maximum Gasteiger partial charge on any atom is 0.342 e. The fourth-order valence-corrected chi connectivity index (χ4v) is 2.02. The number of carbonyl (C=O) groups is 1. The molecule has 2 rings (SSSR count). The van der Waals surface area contributed by atoms with Crippen LogP contribution in [0.15, 0.2) is 6.07 Å². The average Bonchev–Trinajstić information content (AvgIpc) is 2.28. The molecule has 0 unspecified atom stereocenters. The van der Waals surface area contributed by atoms with Gasteiger partial charge in [-0.2, -0.15) is 0 Å². The maximum atomic E-state index is 11.7. The number of aliphatic hydroxyl groups is 1. The van der Waals surface area contributed by atoms with Gasteiger partial charge < -0.3 is 20.1 Å². The smallest absolute Gasteiger partial charge is 0.342 e. The molecule has 1 atom stereocenters. The molecule has 0 aromatic heterocycles. The number of ether oxygens (including phenoxy) is 1. The van der Waals surface area contributed by atoms with Gasteiger partial charge in [0.05, 0.1) is 12.2 Å². The molecule has 0 amide bonds. The Morgan fingerprint density at radius 3 is 2.76 bits per heavy atom. The highest BCUT2D eigenvalue weighted by atomic mass is 16.5. The third-order valence-electron chi connectivity index (χ3n) is 3.00. The monoisotopic (exact) mass is 238 g/mol. The first-order valence-electron chi connectivity index (χ1n) is 5.47. The molecule has 0 saturated carbocycles. The van der Waals surface area contributed by atoms with Crippen LogP contribution in [0.1, 0.15) is 34.8 Å². The predicted octanol–water partition coefficient (Wildman–Crippen LogP) is 1.08. The zero-order valence-electron chi connectivity index (χ0n) is 9.43. The van der Waals surface area contributed by atoms with Gasteiger partial charge in [0.15, 0.2) is 0 Å². The van der Waals surface area contributed by atoms with Gasteiger partial charge >= 0.3 is 5.97 Å². The summed E-state index contributed by atoms with van der Waals surface area (Å²) in [5, 5.41) is 28.5. The molecule has 0 aliphatic carbocycles. The van der Waals surface area contributed by atoms with Crippen molar-refractivity contribution < 1.29 is 24.9 Å². The van der Waals surface area contributed by atoms with E-state index in [4.69, 9.17) is 9.84 Å². The molecule has 0 bridgehead atoms.